The van der Waals surface area contributed by atoms with Gasteiger partial charge in [0, 0.05) is 12.1 Å². The first-order valence-electron chi connectivity index (χ1n) is 7.83. The quantitative estimate of drug-likeness (QED) is 0.386. The molecule has 0 aliphatic carbocycles. The van der Waals surface area contributed by atoms with Crippen molar-refractivity contribution in [3.05, 3.63) is 68.9 Å². The summed E-state index contributed by atoms with van der Waals surface area (Å²) in [5, 5.41) is 12.8. The summed E-state index contributed by atoms with van der Waals surface area (Å²) in [6.45, 7) is -1.26. The molecule has 0 saturated carbocycles. The molecule has 3 aromatic rings. The molecule has 0 atom stereocenters. The van der Waals surface area contributed by atoms with Crippen LogP contribution in [0, 0.1) is 15.9 Å². The van der Waals surface area contributed by atoms with Crippen molar-refractivity contribution in [2.75, 3.05) is 11.9 Å². The number of esters is 1. The number of fused-ring (bicyclic) bond motifs is 1. The number of non-ortho nitro benzene ring substituents is 1. The van der Waals surface area contributed by atoms with Crippen LogP contribution in [0.1, 0.15) is 0 Å². The number of nitrogens with one attached hydrogen (secondary N) is 1. The number of rotatable bonds is 6. The summed E-state index contributed by atoms with van der Waals surface area (Å²) in [7, 11) is 0. The minimum Gasteiger partial charge on any atom is -0.454 e. The van der Waals surface area contributed by atoms with Gasteiger partial charge in [0.2, 0.25) is 0 Å². The fourth-order valence-corrected chi connectivity index (χ4v) is 2.39. The second kappa shape index (κ2) is 7.70. The van der Waals surface area contributed by atoms with E-state index in [1.165, 1.54) is 0 Å². The van der Waals surface area contributed by atoms with Crippen LogP contribution in [0.2, 0.25) is 0 Å². The number of amides is 1. The van der Waals surface area contributed by atoms with E-state index in [-0.39, 0.29) is 0 Å². The van der Waals surface area contributed by atoms with Gasteiger partial charge in [-0.3, -0.25) is 24.3 Å². The van der Waals surface area contributed by atoms with E-state index in [0.29, 0.717) is 11.1 Å². The molecule has 1 N–H and O–H groups in total. The maximum Gasteiger partial charge on any atom is 0.420 e. The number of nitrogens with zero attached hydrogens (tertiary/aromatic N) is 2. The van der Waals surface area contributed by atoms with Gasteiger partial charge in [-0.1, -0.05) is 12.1 Å². The summed E-state index contributed by atoms with van der Waals surface area (Å²) in [6, 6.07) is 9.05. The van der Waals surface area contributed by atoms with E-state index in [9.17, 15) is 28.9 Å². The lowest BCUT2D eigenvalue weighted by Crippen LogP contribution is -2.26. The second-order valence-corrected chi connectivity index (χ2v) is 5.55. The van der Waals surface area contributed by atoms with E-state index in [1.54, 1.807) is 24.3 Å². The highest BCUT2D eigenvalue weighted by Crippen LogP contribution is 2.21. The lowest BCUT2D eigenvalue weighted by atomic mass is 10.2. The molecule has 10 nitrogen and oxygen atoms in total. The Morgan fingerprint density at radius 1 is 1.25 bits per heavy atom. The number of hydrogen-bond donors (Lipinski definition) is 1. The van der Waals surface area contributed by atoms with E-state index in [2.05, 4.69) is 5.32 Å². The van der Waals surface area contributed by atoms with Gasteiger partial charge >= 0.3 is 11.7 Å². The number of anilines is 1. The minimum absolute atomic E-state index is 0.291. The molecule has 0 radical (unpaired) electrons. The van der Waals surface area contributed by atoms with Crippen molar-refractivity contribution >= 4 is 34.4 Å². The summed E-state index contributed by atoms with van der Waals surface area (Å²) >= 11 is 0. The Morgan fingerprint density at radius 3 is 2.75 bits per heavy atom. The van der Waals surface area contributed by atoms with Gasteiger partial charge in [0.25, 0.3) is 11.6 Å². The van der Waals surface area contributed by atoms with Crippen LogP contribution in [0.3, 0.4) is 0 Å². The zero-order valence-corrected chi connectivity index (χ0v) is 14.1. The minimum atomic E-state index is -0.905. The zero-order chi connectivity index (χ0) is 20.3. The SMILES string of the molecule is O=C(COC(=O)Cn1c(=O)oc2ccccc21)Nc1cc([N+](=O)[O-])ccc1F. The molecule has 11 heteroatoms. The van der Waals surface area contributed by atoms with E-state index in [4.69, 9.17) is 9.15 Å². The van der Waals surface area contributed by atoms with Crippen molar-refractivity contribution in [1.29, 1.82) is 0 Å². The third kappa shape index (κ3) is 4.03. The molecular weight excluding hydrogens is 377 g/mol. The van der Waals surface area contributed by atoms with Crippen molar-refractivity contribution in [3.63, 3.8) is 0 Å². The molecule has 0 aliphatic heterocycles. The number of carbonyl (C=O) groups excluding carboxylic acids is 2. The highest BCUT2D eigenvalue weighted by Gasteiger charge is 2.16. The lowest BCUT2D eigenvalue weighted by Gasteiger charge is -2.07. The molecule has 0 bridgehead atoms. The topological polar surface area (TPSA) is 134 Å². The van der Waals surface area contributed by atoms with Crippen molar-refractivity contribution in [1.82, 2.24) is 4.57 Å². The van der Waals surface area contributed by atoms with Crippen LogP contribution < -0.4 is 11.1 Å². The summed E-state index contributed by atoms with van der Waals surface area (Å²) in [5.41, 5.74) is -0.168. The average Bonchev–Trinajstić information content (AvgIpc) is 2.97. The summed E-state index contributed by atoms with van der Waals surface area (Å²) in [5.74, 6) is -3.46. The largest absolute Gasteiger partial charge is 0.454 e. The highest BCUT2D eigenvalue weighted by atomic mass is 19.1. The van der Waals surface area contributed by atoms with Gasteiger partial charge in [-0.05, 0) is 18.2 Å². The number of nitro benzene ring substituents is 1. The van der Waals surface area contributed by atoms with Crippen LogP contribution in [-0.2, 0) is 20.9 Å². The molecule has 0 spiro atoms. The Bertz CT molecular complexity index is 1140. The Morgan fingerprint density at radius 2 is 2.00 bits per heavy atom. The monoisotopic (exact) mass is 389 g/mol. The van der Waals surface area contributed by atoms with Gasteiger partial charge in [-0.2, -0.15) is 0 Å². The van der Waals surface area contributed by atoms with Crippen LogP contribution in [0.5, 0.6) is 0 Å². The Hall–Kier alpha value is -4.02. The maximum atomic E-state index is 13.6. The van der Waals surface area contributed by atoms with E-state index in [0.717, 1.165) is 22.8 Å². The fraction of sp³-hybridized carbons (Fsp3) is 0.118. The maximum absolute atomic E-state index is 13.6. The van der Waals surface area contributed by atoms with E-state index >= 15 is 0 Å². The Labute approximate surface area is 155 Å². The number of ether oxygens (including phenoxy) is 1. The highest BCUT2D eigenvalue weighted by molar-refractivity contribution is 5.93. The summed E-state index contributed by atoms with van der Waals surface area (Å²) in [6.07, 6.45) is 0. The normalized spacial score (nSPS) is 10.6. The number of para-hydroxylation sites is 2. The molecule has 0 saturated heterocycles. The first-order valence-corrected chi connectivity index (χ1v) is 7.83. The molecule has 0 fully saturated rings. The van der Waals surface area contributed by atoms with Gasteiger partial charge in [-0.25, -0.2) is 9.18 Å². The van der Waals surface area contributed by atoms with E-state index in [1.807, 2.05) is 0 Å². The Balaban J connectivity index is 1.61. The number of oxazole rings is 1. The molecule has 144 valence electrons. The Kier molecular flexibility index (Phi) is 5.16. The zero-order valence-electron chi connectivity index (χ0n) is 14.1. The van der Waals surface area contributed by atoms with Crippen molar-refractivity contribution in [2.45, 2.75) is 6.54 Å². The van der Waals surface area contributed by atoms with Crippen molar-refractivity contribution in [2.24, 2.45) is 0 Å². The first-order chi connectivity index (χ1) is 13.3. The lowest BCUT2D eigenvalue weighted by molar-refractivity contribution is -0.384. The molecule has 28 heavy (non-hydrogen) atoms. The van der Waals surface area contributed by atoms with Gasteiger partial charge < -0.3 is 14.5 Å². The van der Waals surface area contributed by atoms with Crippen LogP contribution in [-0.4, -0.2) is 28.0 Å². The molecular formula is C17H12FN3O7. The van der Waals surface area contributed by atoms with Crippen LogP contribution in [0.4, 0.5) is 15.8 Å². The van der Waals surface area contributed by atoms with Crippen molar-refractivity contribution in [3.8, 4) is 0 Å². The second-order valence-electron chi connectivity index (χ2n) is 5.55. The van der Waals surface area contributed by atoms with Crippen LogP contribution >= 0.6 is 0 Å². The molecule has 1 amide bonds. The van der Waals surface area contributed by atoms with Gasteiger partial charge in [0.1, 0.15) is 12.4 Å². The van der Waals surface area contributed by atoms with E-state index < -0.39 is 52.9 Å². The van der Waals surface area contributed by atoms with Crippen LogP contribution in [0.25, 0.3) is 11.1 Å². The third-order valence-corrected chi connectivity index (χ3v) is 3.66. The standard InChI is InChI=1S/C17H12FN3O7/c18-11-6-5-10(21(25)26)7-12(11)19-15(22)9-27-16(23)8-20-13-3-1-2-4-14(13)28-17(20)24/h1-7H,8-9H2,(H,19,22). The molecule has 1 aromatic heterocycles. The summed E-state index contributed by atoms with van der Waals surface area (Å²) < 4.78 is 24.4. The number of halogens is 1. The smallest absolute Gasteiger partial charge is 0.420 e. The molecule has 2 aromatic carbocycles. The summed E-state index contributed by atoms with van der Waals surface area (Å²) in [4.78, 5) is 45.5. The van der Waals surface area contributed by atoms with Gasteiger partial charge in [-0.15, -0.1) is 0 Å². The number of aromatic nitrogens is 1. The molecule has 1 heterocycles. The van der Waals surface area contributed by atoms with Crippen LogP contribution in [0.15, 0.2) is 51.7 Å². The number of carbonyl (C=O) groups is 2. The van der Waals surface area contributed by atoms with Gasteiger partial charge in [0.15, 0.2) is 12.2 Å². The first kappa shape index (κ1) is 18.8. The number of nitro groups is 1. The van der Waals surface area contributed by atoms with Gasteiger partial charge in [0.05, 0.1) is 16.1 Å². The average molecular weight is 389 g/mol. The predicted octanol–water partition coefficient (Wildman–Crippen LogP) is 1.82. The fourth-order valence-electron chi connectivity index (χ4n) is 2.39. The molecule has 0 aliphatic rings. The van der Waals surface area contributed by atoms with Crippen molar-refractivity contribution < 1.29 is 28.1 Å². The molecule has 3 rings (SSSR count). The molecule has 0 unspecified atom stereocenters. The number of hydrogen-bond acceptors (Lipinski definition) is 7. The third-order valence-electron chi connectivity index (χ3n) is 3.66. The number of benzene rings is 2. The predicted molar refractivity (Wildman–Crippen MR) is 93.1 cm³/mol.